The minimum absolute atomic E-state index is 0.135. The number of hydrogen-bond acceptors (Lipinski definition) is 6. The summed E-state index contributed by atoms with van der Waals surface area (Å²) in [6, 6.07) is 0.897. The molecule has 0 spiro atoms. The second-order valence-electron chi connectivity index (χ2n) is 3.74. The molecule has 0 fully saturated rings. The lowest BCUT2D eigenvalue weighted by Crippen LogP contribution is -2.10. The van der Waals surface area contributed by atoms with Gasteiger partial charge < -0.3 is 15.2 Å². The molecule has 19 heavy (non-hydrogen) atoms. The minimum Gasteiger partial charge on any atom is -0.478 e. The van der Waals surface area contributed by atoms with E-state index in [9.17, 15) is 14.9 Å². The van der Waals surface area contributed by atoms with E-state index in [0.29, 0.717) is 11.6 Å². The fourth-order valence-electron chi connectivity index (χ4n) is 1.63. The summed E-state index contributed by atoms with van der Waals surface area (Å²) in [6.45, 7) is 3.30. The predicted octanol–water partition coefficient (Wildman–Crippen LogP) is 0.886. The maximum Gasteiger partial charge on any atom is 0.364 e. The fraction of sp³-hybridized carbons (Fsp3) is 0.200. The van der Waals surface area contributed by atoms with Gasteiger partial charge in [0.05, 0.1) is 11.6 Å². The third-order valence-corrected chi connectivity index (χ3v) is 2.39. The molecule has 0 unspecified atom stereocenters. The van der Waals surface area contributed by atoms with Crippen LogP contribution in [-0.2, 0) is 0 Å². The van der Waals surface area contributed by atoms with Gasteiger partial charge in [0, 0.05) is 0 Å². The van der Waals surface area contributed by atoms with Crippen molar-refractivity contribution < 1.29 is 14.8 Å². The molecule has 0 atom stereocenters. The monoisotopic (exact) mass is 263 g/mol. The van der Waals surface area contributed by atoms with Crippen LogP contribution in [0.25, 0.3) is 5.69 Å². The molecule has 98 valence electrons. The van der Waals surface area contributed by atoms with E-state index in [2.05, 4.69) is 15.1 Å². The maximum atomic E-state index is 11.2. The van der Waals surface area contributed by atoms with Crippen molar-refractivity contribution in [3.8, 4) is 5.69 Å². The summed E-state index contributed by atoms with van der Waals surface area (Å²) in [5.74, 6) is -0.897. The Balaban J connectivity index is 2.66. The van der Waals surface area contributed by atoms with Crippen molar-refractivity contribution in [2.75, 3.05) is 0 Å². The first-order valence-electron chi connectivity index (χ1n) is 5.18. The average molecular weight is 263 g/mol. The van der Waals surface area contributed by atoms with E-state index in [1.807, 2.05) is 0 Å². The van der Waals surface area contributed by atoms with Crippen molar-refractivity contribution in [1.82, 2.24) is 19.7 Å². The first kappa shape index (κ1) is 12.6. The number of nitro groups is 1. The Morgan fingerprint density at radius 1 is 1.47 bits per heavy atom. The molecule has 2 aromatic rings. The third-order valence-electron chi connectivity index (χ3n) is 2.39. The van der Waals surface area contributed by atoms with Crippen LogP contribution in [0.5, 0.6) is 0 Å². The van der Waals surface area contributed by atoms with Gasteiger partial charge in [0.15, 0.2) is 6.20 Å². The predicted molar refractivity (Wildman–Crippen MR) is 62.2 cm³/mol. The van der Waals surface area contributed by atoms with Crippen LogP contribution >= 0.6 is 0 Å². The van der Waals surface area contributed by atoms with Crippen LogP contribution < -0.4 is 0 Å². The van der Waals surface area contributed by atoms with Crippen LogP contribution in [0.1, 0.15) is 22.0 Å². The fourth-order valence-corrected chi connectivity index (χ4v) is 1.63. The first-order valence-corrected chi connectivity index (χ1v) is 5.18. The highest BCUT2D eigenvalue weighted by Crippen LogP contribution is 2.19. The zero-order chi connectivity index (χ0) is 14.2. The first-order chi connectivity index (χ1) is 8.90. The van der Waals surface area contributed by atoms with E-state index >= 15 is 0 Å². The van der Waals surface area contributed by atoms with Gasteiger partial charge in [-0.2, -0.15) is 5.10 Å². The van der Waals surface area contributed by atoms with Crippen molar-refractivity contribution in [2.24, 2.45) is 0 Å². The number of nitrogens with zero attached hydrogens (tertiary/aromatic N) is 5. The zero-order valence-corrected chi connectivity index (χ0v) is 10.1. The van der Waals surface area contributed by atoms with E-state index in [1.165, 1.54) is 4.68 Å². The Morgan fingerprint density at radius 2 is 2.16 bits per heavy atom. The Labute approximate surface area is 106 Å². The van der Waals surface area contributed by atoms with E-state index in [-0.39, 0.29) is 11.3 Å². The van der Waals surface area contributed by atoms with Crippen LogP contribution in [0.15, 0.2) is 12.3 Å². The van der Waals surface area contributed by atoms with Crippen molar-refractivity contribution in [2.45, 2.75) is 13.8 Å². The number of aromatic nitrogens is 4. The number of rotatable bonds is 3. The number of carboxylic acids is 1. The van der Waals surface area contributed by atoms with E-state index in [1.54, 1.807) is 13.8 Å². The highest BCUT2D eigenvalue weighted by molar-refractivity contribution is 5.92. The van der Waals surface area contributed by atoms with Gasteiger partial charge in [-0.15, -0.1) is 0 Å². The highest BCUT2D eigenvalue weighted by atomic mass is 16.6. The van der Waals surface area contributed by atoms with Crippen LogP contribution in [0.2, 0.25) is 0 Å². The molecule has 1 N–H and O–H groups in total. The van der Waals surface area contributed by atoms with Gasteiger partial charge in [-0.1, -0.05) is 0 Å². The summed E-state index contributed by atoms with van der Waals surface area (Å²) in [5.41, 5.74) is -0.120. The smallest absolute Gasteiger partial charge is 0.364 e. The molecule has 2 aromatic heterocycles. The molecule has 0 aliphatic rings. The Bertz CT molecular complexity index is 679. The summed E-state index contributed by atoms with van der Waals surface area (Å²) in [7, 11) is 0. The molecule has 0 saturated heterocycles. The minimum atomic E-state index is -1.30. The molecule has 0 aromatic carbocycles. The molecule has 0 amide bonds. The van der Waals surface area contributed by atoms with Crippen LogP contribution in [0.3, 0.4) is 0 Å². The molecule has 0 aliphatic heterocycles. The van der Waals surface area contributed by atoms with Crippen molar-refractivity contribution in [3.63, 3.8) is 0 Å². The number of carboxylic acid groups (broad SMARTS) is 1. The zero-order valence-electron chi connectivity index (χ0n) is 10.1. The molecule has 0 bridgehead atoms. The molecular formula is C10H9N5O4. The van der Waals surface area contributed by atoms with Gasteiger partial charge >= 0.3 is 11.8 Å². The summed E-state index contributed by atoms with van der Waals surface area (Å²) >= 11 is 0. The molecule has 2 heterocycles. The van der Waals surface area contributed by atoms with E-state index in [0.717, 1.165) is 12.3 Å². The maximum absolute atomic E-state index is 11.2. The number of pyridine rings is 1. The van der Waals surface area contributed by atoms with Gasteiger partial charge in [0.25, 0.3) is 0 Å². The number of aromatic carboxylic acids is 1. The lowest BCUT2D eigenvalue weighted by atomic mass is 10.2. The second kappa shape index (κ2) is 4.44. The summed E-state index contributed by atoms with van der Waals surface area (Å²) in [6.07, 6.45) is 1.10. The van der Waals surface area contributed by atoms with E-state index < -0.39 is 16.7 Å². The summed E-state index contributed by atoms with van der Waals surface area (Å²) in [4.78, 5) is 28.7. The largest absolute Gasteiger partial charge is 0.478 e. The Morgan fingerprint density at radius 3 is 2.63 bits per heavy atom. The lowest BCUT2D eigenvalue weighted by Gasteiger charge is -2.04. The summed E-state index contributed by atoms with van der Waals surface area (Å²) in [5, 5.41) is 23.8. The van der Waals surface area contributed by atoms with Crippen molar-refractivity contribution >= 4 is 11.8 Å². The molecule has 9 nitrogen and oxygen atoms in total. The van der Waals surface area contributed by atoms with Gasteiger partial charge in [0.1, 0.15) is 17.3 Å². The molecule has 0 radical (unpaired) electrons. The quantitative estimate of drug-likeness (QED) is 0.643. The normalized spacial score (nSPS) is 10.4. The SMILES string of the molecule is Cc1nc(C)n(-c2cnc([N+](=O)[O-])cc2C(=O)O)n1. The topological polar surface area (TPSA) is 124 Å². The third kappa shape index (κ3) is 2.25. The van der Waals surface area contributed by atoms with Gasteiger partial charge in [-0.25, -0.2) is 14.5 Å². The van der Waals surface area contributed by atoms with Gasteiger partial charge in [-0.05, 0) is 23.8 Å². The van der Waals surface area contributed by atoms with Crippen molar-refractivity contribution in [3.05, 3.63) is 39.6 Å². The Kier molecular flexibility index (Phi) is 2.95. The second-order valence-corrected chi connectivity index (χ2v) is 3.74. The Hall–Kier alpha value is -2.84. The van der Waals surface area contributed by atoms with Crippen LogP contribution in [0.4, 0.5) is 5.82 Å². The molecule has 9 heteroatoms. The number of aryl methyl sites for hydroxylation is 2. The van der Waals surface area contributed by atoms with E-state index in [4.69, 9.17) is 5.11 Å². The van der Waals surface area contributed by atoms with Crippen LogP contribution in [-0.4, -0.2) is 35.7 Å². The number of hydrogen-bond donors (Lipinski definition) is 1. The molecular weight excluding hydrogens is 254 g/mol. The average Bonchev–Trinajstić information content (AvgIpc) is 2.67. The van der Waals surface area contributed by atoms with Gasteiger partial charge in [-0.3, -0.25) is 0 Å². The molecule has 0 aliphatic carbocycles. The lowest BCUT2D eigenvalue weighted by molar-refractivity contribution is -0.389. The standard InChI is InChI=1S/C10H9N5O4/c1-5-12-6(2)14(13-5)8-4-11-9(15(18)19)3-7(8)10(16)17/h3-4H,1-2H3,(H,16,17). The molecule has 0 saturated carbocycles. The number of carbonyl (C=O) groups is 1. The van der Waals surface area contributed by atoms with Crippen molar-refractivity contribution in [1.29, 1.82) is 0 Å². The highest BCUT2D eigenvalue weighted by Gasteiger charge is 2.21. The van der Waals surface area contributed by atoms with Crippen LogP contribution in [0, 0.1) is 24.0 Å². The van der Waals surface area contributed by atoms with Gasteiger partial charge in [0.2, 0.25) is 0 Å². The summed E-state index contributed by atoms with van der Waals surface area (Å²) < 4.78 is 1.29. The molecule has 2 rings (SSSR count).